The van der Waals surface area contributed by atoms with Crippen LogP contribution in [0.5, 0.6) is 0 Å². The van der Waals surface area contributed by atoms with Gasteiger partial charge in [0.25, 0.3) is 11.8 Å². The fraction of sp³-hybridized carbons (Fsp3) is 0.200. The number of rotatable bonds is 8. The van der Waals surface area contributed by atoms with Crippen LogP contribution in [0.25, 0.3) is 22.3 Å². The number of nitrogen functional groups attached to an aromatic ring is 2. The second-order valence-corrected chi connectivity index (χ2v) is 19.3. The van der Waals surface area contributed by atoms with Gasteiger partial charge in [-0.3, -0.25) is 9.59 Å². The van der Waals surface area contributed by atoms with Crippen molar-refractivity contribution in [1.29, 1.82) is 0 Å². The van der Waals surface area contributed by atoms with Crippen molar-refractivity contribution in [2.75, 3.05) is 11.5 Å². The number of carbonyl (C=O) groups excluding carboxylic acids is 2. The van der Waals surface area contributed by atoms with Gasteiger partial charge in [0.05, 0.1) is 0 Å². The summed E-state index contributed by atoms with van der Waals surface area (Å²) in [5, 5.41) is 6.05. The first-order valence-corrected chi connectivity index (χ1v) is 24.0. The number of fused-ring (bicyclic) bond motifs is 16. The lowest BCUT2D eigenvalue weighted by atomic mass is 9.81. The predicted octanol–water partition coefficient (Wildman–Crippen LogP) is 11.7. The lowest BCUT2D eigenvalue weighted by molar-refractivity contribution is 0.0854. The summed E-state index contributed by atoms with van der Waals surface area (Å²) in [4.78, 5) is 34.7. The van der Waals surface area contributed by atoms with Crippen LogP contribution in [-0.2, 0) is 22.6 Å². The molecule has 4 unspecified atom stereocenters. The molecular weight excluding hydrogens is 907 g/mol. The minimum atomic E-state index is -0.253. The van der Waals surface area contributed by atoms with E-state index in [4.69, 9.17) is 20.9 Å². The lowest BCUT2D eigenvalue weighted by Crippen LogP contribution is -2.24. The van der Waals surface area contributed by atoms with Crippen molar-refractivity contribution in [1.82, 2.24) is 20.6 Å². The Bertz CT molecular complexity index is 3510. The molecule has 10 nitrogen and oxygen atoms in total. The van der Waals surface area contributed by atoms with Crippen LogP contribution in [0.15, 0.2) is 121 Å². The highest BCUT2D eigenvalue weighted by Crippen LogP contribution is 2.57. The van der Waals surface area contributed by atoms with E-state index in [2.05, 4.69) is 58.7 Å². The Labute approximate surface area is 416 Å². The van der Waals surface area contributed by atoms with Crippen LogP contribution < -0.4 is 22.1 Å². The molecule has 0 saturated heterocycles. The smallest absolute Gasteiger partial charge is 0.251 e. The van der Waals surface area contributed by atoms with Crippen LogP contribution in [0.3, 0.4) is 0 Å². The maximum Gasteiger partial charge on any atom is 0.251 e. The minimum absolute atomic E-state index is 0.134. The zero-order valence-corrected chi connectivity index (χ0v) is 40.7. The number of carbonyl (C=O) groups is 2. The molecule has 0 radical (unpaired) electrons. The third kappa shape index (κ3) is 8.16. The van der Waals surface area contributed by atoms with Crippen LogP contribution in [-0.4, -0.2) is 21.8 Å². The molecule has 4 bridgehead atoms. The highest BCUT2D eigenvalue weighted by atomic mass is 19.1. The maximum atomic E-state index is 13.4. The average Bonchev–Trinajstić information content (AvgIpc) is 4.13. The van der Waals surface area contributed by atoms with E-state index < -0.39 is 0 Å². The number of anilines is 2. The first kappa shape index (κ1) is 46.3. The quantitative estimate of drug-likeness (QED) is 0.117. The lowest BCUT2D eigenvalue weighted by Gasteiger charge is -2.20. The van der Waals surface area contributed by atoms with Crippen molar-refractivity contribution < 1.29 is 27.8 Å². The summed E-state index contributed by atoms with van der Waals surface area (Å²) in [7, 11) is 0. The molecule has 6 aromatic carbocycles. The first-order chi connectivity index (χ1) is 34.6. The Hall–Kier alpha value is -8.06. The minimum Gasteiger partial charge on any atom is -0.384 e. The molecular formula is C60H52F2N6O4. The number of amides is 2. The van der Waals surface area contributed by atoms with E-state index in [1.165, 1.54) is 29.8 Å². The van der Waals surface area contributed by atoms with Gasteiger partial charge in [0.2, 0.25) is 0 Å². The van der Waals surface area contributed by atoms with Gasteiger partial charge in [-0.05, 0) is 214 Å². The van der Waals surface area contributed by atoms with Gasteiger partial charge < -0.3 is 31.6 Å². The number of nitrogens with two attached hydrogens (primary N) is 2. The summed E-state index contributed by atoms with van der Waals surface area (Å²) >= 11 is 0. The molecule has 0 saturated carbocycles. The predicted molar refractivity (Wildman–Crippen MR) is 274 cm³/mol. The van der Waals surface area contributed by atoms with Gasteiger partial charge in [0.1, 0.15) is 47.7 Å². The Balaban J connectivity index is 0.000000156. The number of aryl methyl sites for hydroxylation is 6. The summed E-state index contributed by atoms with van der Waals surface area (Å²) in [5.74, 6) is 0.174. The second kappa shape index (κ2) is 18.0. The number of nitrogens with zero attached hydrogens (tertiary/aromatic N) is 2. The molecule has 12 rings (SSSR count). The van der Waals surface area contributed by atoms with Crippen LogP contribution in [0.2, 0.25) is 0 Å². The Kier molecular flexibility index (Phi) is 11.6. The summed E-state index contributed by atoms with van der Waals surface area (Å²) in [6, 6.07) is 36.9. The number of hydrogen-bond donors (Lipinski definition) is 4. The Morgan fingerprint density at radius 3 is 1.28 bits per heavy atom. The largest absolute Gasteiger partial charge is 0.384 e. The molecule has 0 spiro atoms. The van der Waals surface area contributed by atoms with Crippen molar-refractivity contribution in [3.63, 3.8) is 0 Å². The average molecular weight is 959 g/mol. The number of halogens is 2. The molecule has 12 heteroatoms. The SMILES string of the molecule is Cc1cc(N)nc(C)c1CNC(=O)c1ccc2c(c1)C1OC2c2c(C)cc(-c3ccc(F)cc3)cc21.Cc1cc(N)nc(C)c1CNC(=O)c1ccc2c(c1)C1OC2c2cc(-c3ccc(F)cc3)cc(C)c21. The van der Waals surface area contributed by atoms with E-state index in [9.17, 15) is 18.4 Å². The fourth-order valence-electron chi connectivity index (χ4n) is 11.1. The van der Waals surface area contributed by atoms with E-state index in [0.717, 1.165) is 106 Å². The number of nitrogens with one attached hydrogen (secondary N) is 2. The summed E-state index contributed by atoms with van der Waals surface area (Å²) in [6.45, 7) is 12.7. The summed E-state index contributed by atoms with van der Waals surface area (Å²) < 4.78 is 39.6. The molecule has 2 aromatic heterocycles. The van der Waals surface area contributed by atoms with Gasteiger partial charge in [-0.2, -0.15) is 0 Å². The van der Waals surface area contributed by atoms with Crippen LogP contribution in [0, 0.1) is 53.2 Å². The zero-order chi connectivity index (χ0) is 50.3. The van der Waals surface area contributed by atoms with Crippen molar-refractivity contribution in [2.45, 2.75) is 79.0 Å². The number of benzene rings is 6. The highest BCUT2D eigenvalue weighted by Gasteiger charge is 2.45. The molecule has 360 valence electrons. The van der Waals surface area contributed by atoms with Gasteiger partial charge >= 0.3 is 0 Å². The van der Waals surface area contributed by atoms with E-state index in [0.29, 0.717) is 35.9 Å². The standard InChI is InChI=1S/2C30H26FN3O2/c1-15-11-26(32)34-17(3)25(15)14-33-30(35)19-6-9-22-23(12-19)28-24-13-20(18-4-7-21(31)8-5-18)10-16(2)27(24)29(22)36-28;1-15-11-26(32)34-17(3)25(15)14-33-30(35)19-6-9-22-23(12-19)29-27-16(2)10-20(13-24(27)28(22)36-29)18-4-7-21(31)8-5-18/h2*4-13,28-29H,14H2,1-3H3,(H2,32,34)(H,33,35). The number of aromatic nitrogens is 2. The first-order valence-electron chi connectivity index (χ1n) is 24.0. The van der Waals surface area contributed by atoms with E-state index in [1.54, 1.807) is 24.3 Å². The van der Waals surface area contributed by atoms with Gasteiger partial charge in [-0.15, -0.1) is 0 Å². The molecule has 2 amide bonds. The molecule has 4 aliphatic rings. The number of pyridine rings is 2. The molecule has 72 heavy (non-hydrogen) atoms. The molecule has 6 N–H and O–H groups in total. The zero-order valence-electron chi connectivity index (χ0n) is 40.7. The van der Waals surface area contributed by atoms with Crippen LogP contribution >= 0.6 is 0 Å². The van der Waals surface area contributed by atoms with E-state index in [1.807, 2.05) is 76.2 Å². The molecule has 0 aliphatic carbocycles. The van der Waals surface area contributed by atoms with Gasteiger partial charge in [-0.1, -0.05) is 48.5 Å². The number of hydrogen-bond acceptors (Lipinski definition) is 8. The Morgan fingerprint density at radius 1 is 0.458 bits per heavy atom. The maximum absolute atomic E-state index is 13.4. The van der Waals surface area contributed by atoms with E-state index >= 15 is 0 Å². The normalized spacial score (nSPS) is 17.1. The monoisotopic (exact) mass is 958 g/mol. The summed E-state index contributed by atoms with van der Waals surface area (Å²) in [5.41, 5.74) is 33.6. The number of ether oxygens (including phenoxy) is 2. The van der Waals surface area contributed by atoms with Gasteiger partial charge in [-0.25, -0.2) is 18.7 Å². The second-order valence-electron chi connectivity index (χ2n) is 19.3. The topological polar surface area (TPSA) is 154 Å². The molecule has 6 heterocycles. The molecule has 4 atom stereocenters. The van der Waals surface area contributed by atoms with Crippen molar-refractivity contribution >= 4 is 23.5 Å². The summed E-state index contributed by atoms with van der Waals surface area (Å²) in [6.07, 6.45) is -0.716. The molecule has 4 aliphatic heterocycles. The third-order valence-corrected chi connectivity index (χ3v) is 14.7. The third-order valence-electron chi connectivity index (χ3n) is 14.7. The van der Waals surface area contributed by atoms with Crippen molar-refractivity contribution in [3.05, 3.63) is 233 Å². The van der Waals surface area contributed by atoms with Crippen LogP contribution in [0.1, 0.15) is 134 Å². The van der Waals surface area contributed by atoms with Crippen molar-refractivity contribution in [2.24, 2.45) is 0 Å². The van der Waals surface area contributed by atoms with Gasteiger partial charge in [0, 0.05) is 35.6 Å². The van der Waals surface area contributed by atoms with Crippen LogP contribution in [0.4, 0.5) is 20.4 Å². The van der Waals surface area contributed by atoms with Crippen molar-refractivity contribution in [3.8, 4) is 22.3 Å². The fourth-order valence-corrected chi connectivity index (χ4v) is 11.1. The molecule has 8 aromatic rings. The Morgan fingerprint density at radius 2 is 0.847 bits per heavy atom. The highest BCUT2D eigenvalue weighted by molar-refractivity contribution is 5.95. The van der Waals surface area contributed by atoms with E-state index in [-0.39, 0.29) is 47.9 Å². The van der Waals surface area contributed by atoms with Gasteiger partial charge in [0.15, 0.2) is 0 Å². The molecule has 0 fully saturated rings.